The molecular formula is C15H15ClN2O2. The van der Waals surface area contributed by atoms with Crippen LogP contribution in [0.25, 0.3) is 0 Å². The van der Waals surface area contributed by atoms with Gasteiger partial charge in [-0.1, -0.05) is 35.9 Å². The van der Waals surface area contributed by atoms with Gasteiger partial charge >= 0.3 is 0 Å². The van der Waals surface area contributed by atoms with Gasteiger partial charge in [0, 0.05) is 23.1 Å². The fourth-order valence-electron chi connectivity index (χ4n) is 2.18. The molecule has 4 nitrogen and oxygen atoms in total. The van der Waals surface area contributed by atoms with E-state index in [2.05, 4.69) is 0 Å². The number of nitro groups is 1. The van der Waals surface area contributed by atoms with Gasteiger partial charge in [-0.3, -0.25) is 10.1 Å². The number of rotatable bonds is 5. The van der Waals surface area contributed by atoms with Gasteiger partial charge in [-0.25, -0.2) is 0 Å². The van der Waals surface area contributed by atoms with Crippen molar-refractivity contribution in [3.63, 3.8) is 0 Å². The van der Waals surface area contributed by atoms with E-state index in [1.54, 1.807) is 12.1 Å². The molecule has 20 heavy (non-hydrogen) atoms. The number of hydrogen-bond acceptors (Lipinski definition) is 3. The monoisotopic (exact) mass is 290 g/mol. The van der Waals surface area contributed by atoms with Crippen molar-refractivity contribution >= 4 is 17.3 Å². The van der Waals surface area contributed by atoms with E-state index in [9.17, 15) is 10.1 Å². The molecule has 0 saturated heterocycles. The van der Waals surface area contributed by atoms with Crippen molar-refractivity contribution in [1.82, 2.24) is 0 Å². The van der Waals surface area contributed by atoms with Gasteiger partial charge in [0.1, 0.15) is 0 Å². The summed E-state index contributed by atoms with van der Waals surface area (Å²) in [5, 5.41) is 11.5. The second-order valence-electron chi connectivity index (χ2n) is 4.62. The quantitative estimate of drug-likeness (QED) is 0.676. The van der Waals surface area contributed by atoms with E-state index in [1.165, 1.54) is 6.07 Å². The second-order valence-corrected chi connectivity index (χ2v) is 5.06. The molecule has 0 saturated carbocycles. The molecule has 0 aromatic heterocycles. The third-order valence-electron chi connectivity index (χ3n) is 3.21. The molecule has 5 heteroatoms. The lowest BCUT2D eigenvalue weighted by Gasteiger charge is -2.15. The Labute approximate surface area is 122 Å². The molecule has 0 amide bonds. The van der Waals surface area contributed by atoms with Gasteiger partial charge < -0.3 is 5.73 Å². The van der Waals surface area contributed by atoms with Crippen molar-refractivity contribution in [3.8, 4) is 0 Å². The Hall–Kier alpha value is -1.91. The van der Waals surface area contributed by atoms with Crippen LogP contribution >= 0.6 is 11.6 Å². The number of nitrogens with two attached hydrogens (primary N) is 1. The highest BCUT2D eigenvalue weighted by atomic mass is 35.5. The molecule has 2 aromatic carbocycles. The first-order valence-corrected chi connectivity index (χ1v) is 6.67. The number of nitro benzene ring substituents is 1. The maximum atomic E-state index is 10.8. The number of benzene rings is 2. The van der Waals surface area contributed by atoms with Crippen molar-refractivity contribution in [3.05, 3.63) is 74.8 Å². The molecule has 0 aliphatic carbocycles. The van der Waals surface area contributed by atoms with Crippen molar-refractivity contribution < 1.29 is 4.92 Å². The lowest BCUT2D eigenvalue weighted by Crippen LogP contribution is -2.15. The molecule has 104 valence electrons. The van der Waals surface area contributed by atoms with E-state index >= 15 is 0 Å². The average molecular weight is 291 g/mol. The Balaban J connectivity index is 2.22. The molecule has 0 aliphatic heterocycles. The zero-order valence-corrected chi connectivity index (χ0v) is 11.6. The molecule has 2 N–H and O–H groups in total. The van der Waals surface area contributed by atoms with Crippen LogP contribution in [0.1, 0.15) is 17.0 Å². The van der Waals surface area contributed by atoms with Gasteiger partial charge in [-0.2, -0.15) is 0 Å². The van der Waals surface area contributed by atoms with E-state index in [-0.39, 0.29) is 16.5 Å². The van der Waals surface area contributed by atoms with Crippen LogP contribution in [0.4, 0.5) is 5.69 Å². The van der Waals surface area contributed by atoms with Crippen LogP contribution in [0, 0.1) is 10.1 Å². The van der Waals surface area contributed by atoms with E-state index in [0.717, 1.165) is 11.1 Å². The first-order valence-electron chi connectivity index (χ1n) is 6.29. The Morgan fingerprint density at radius 1 is 1.20 bits per heavy atom. The van der Waals surface area contributed by atoms with Crippen molar-refractivity contribution in [2.75, 3.05) is 6.54 Å². The molecule has 2 aromatic rings. The van der Waals surface area contributed by atoms with Crippen LogP contribution in [-0.2, 0) is 6.42 Å². The molecule has 0 radical (unpaired) electrons. The Kier molecular flexibility index (Phi) is 4.71. The Bertz CT molecular complexity index is 616. The fraction of sp³-hybridized carbons (Fsp3) is 0.200. The SMILES string of the molecule is NCC(Cc1cccc([N+](=O)[O-])c1)c1cccc(Cl)c1. The van der Waals surface area contributed by atoms with E-state index in [0.29, 0.717) is 18.0 Å². The van der Waals surface area contributed by atoms with Crippen LogP contribution in [0.5, 0.6) is 0 Å². The lowest BCUT2D eigenvalue weighted by molar-refractivity contribution is -0.384. The molecule has 0 heterocycles. The van der Waals surface area contributed by atoms with Gasteiger partial charge in [-0.15, -0.1) is 0 Å². The number of non-ortho nitro benzene ring substituents is 1. The average Bonchev–Trinajstić information content (AvgIpc) is 2.45. The molecule has 0 fully saturated rings. The molecule has 2 rings (SSSR count). The minimum atomic E-state index is -0.389. The third-order valence-corrected chi connectivity index (χ3v) is 3.44. The van der Waals surface area contributed by atoms with E-state index in [4.69, 9.17) is 17.3 Å². The molecule has 0 bridgehead atoms. The van der Waals surface area contributed by atoms with Gasteiger partial charge in [0.15, 0.2) is 0 Å². The summed E-state index contributed by atoms with van der Waals surface area (Å²) in [7, 11) is 0. The minimum Gasteiger partial charge on any atom is -0.330 e. The van der Waals surface area contributed by atoms with Crippen molar-refractivity contribution in [1.29, 1.82) is 0 Å². The third kappa shape index (κ3) is 3.56. The zero-order chi connectivity index (χ0) is 14.5. The zero-order valence-electron chi connectivity index (χ0n) is 10.8. The summed E-state index contributed by atoms with van der Waals surface area (Å²) in [6, 6.07) is 14.2. The maximum Gasteiger partial charge on any atom is 0.269 e. The molecule has 0 spiro atoms. The molecular weight excluding hydrogens is 276 g/mol. The molecule has 1 atom stereocenters. The summed E-state index contributed by atoms with van der Waals surface area (Å²) in [6.07, 6.45) is 0.651. The standard InChI is InChI=1S/C15H15ClN2O2/c16-14-5-2-4-12(9-14)13(10-17)7-11-3-1-6-15(8-11)18(19)20/h1-6,8-9,13H,7,10,17H2. The Morgan fingerprint density at radius 3 is 2.60 bits per heavy atom. The topological polar surface area (TPSA) is 69.2 Å². The first-order chi connectivity index (χ1) is 9.60. The highest BCUT2D eigenvalue weighted by Gasteiger charge is 2.13. The summed E-state index contributed by atoms with van der Waals surface area (Å²) in [6.45, 7) is 0.461. The van der Waals surface area contributed by atoms with Crippen LogP contribution in [0.3, 0.4) is 0 Å². The highest BCUT2D eigenvalue weighted by Crippen LogP contribution is 2.24. The number of halogens is 1. The first kappa shape index (κ1) is 14.5. The van der Waals surface area contributed by atoms with Gasteiger partial charge in [-0.05, 0) is 36.2 Å². The van der Waals surface area contributed by atoms with Gasteiger partial charge in [0.2, 0.25) is 0 Å². The van der Waals surface area contributed by atoms with Crippen LogP contribution in [0.2, 0.25) is 5.02 Å². The summed E-state index contributed by atoms with van der Waals surface area (Å²) in [4.78, 5) is 10.4. The fourth-order valence-corrected chi connectivity index (χ4v) is 2.38. The number of nitrogens with zero attached hydrogens (tertiary/aromatic N) is 1. The summed E-state index contributed by atoms with van der Waals surface area (Å²) in [5.41, 5.74) is 7.87. The van der Waals surface area contributed by atoms with E-state index < -0.39 is 0 Å². The predicted octanol–water partition coefficient (Wildman–Crippen LogP) is 3.53. The maximum absolute atomic E-state index is 10.8. The lowest BCUT2D eigenvalue weighted by atomic mass is 9.92. The highest BCUT2D eigenvalue weighted by molar-refractivity contribution is 6.30. The molecule has 1 unspecified atom stereocenters. The normalized spacial score (nSPS) is 12.1. The van der Waals surface area contributed by atoms with Crippen LogP contribution < -0.4 is 5.73 Å². The Morgan fingerprint density at radius 2 is 1.95 bits per heavy atom. The largest absolute Gasteiger partial charge is 0.330 e. The van der Waals surface area contributed by atoms with Crippen molar-refractivity contribution in [2.45, 2.75) is 12.3 Å². The van der Waals surface area contributed by atoms with Crippen molar-refractivity contribution in [2.24, 2.45) is 5.73 Å². The van der Waals surface area contributed by atoms with Gasteiger partial charge in [0.05, 0.1) is 4.92 Å². The predicted molar refractivity (Wildman–Crippen MR) is 80.0 cm³/mol. The van der Waals surface area contributed by atoms with Gasteiger partial charge in [0.25, 0.3) is 5.69 Å². The second kappa shape index (κ2) is 6.50. The summed E-state index contributed by atoms with van der Waals surface area (Å²) in [5.74, 6) is 0.0932. The van der Waals surface area contributed by atoms with Crippen LogP contribution in [-0.4, -0.2) is 11.5 Å². The van der Waals surface area contributed by atoms with Crippen LogP contribution in [0.15, 0.2) is 48.5 Å². The summed E-state index contributed by atoms with van der Waals surface area (Å²) < 4.78 is 0. The molecule has 0 aliphatic rings. The minimum absolute atomic E-state index is 0.0932. The van der Waals surface area contributed by atoms with E-state index in [1.807, 2.05) is 30.3 Å². The summed E-state index contributed by atoms with van der Waals surface area (Å²) >= 11 is 5.99. The number of hydrogen-bond donors (Lipinski definition) is 1. The smallest absolute Gasteiger partial charge is 0.269 e.